The van der Waals surface area contributed by atoms with Crippen LogP contribution in [0.1, 0.15) is 37.4 Å². The molecule has 0 spiro atoms. The molecule has 1 aliphatic heterocycles. The molecule has 1 saturated heterocycles. The van der Waals surface area contributed by atoms with Gasteiger partial charge in [-0.1, -0.05) is 5.16 Å². The van der Waals surface area contributed by atoms with Crippen LogP contribution in [0, 0.1) is 6.92 Å². The van der Waals surface area contributed by atoms with Gasteiger partial charge in [0.2, 0.25) is 5.89 Å². The number of rotatable bonds is 1. The molecule has 0 aromatic carbocycles. The van der Waals surface area contributed by atoms with Crippen LogP contribution in [0.4, 0.5) is 0 Å². The quantitative estimate of drug-likeness (QED) is 0.708. The number of hydrogen-bond donors (Lipinski definition) is 1. The van der Waals surface area contributed by atoms with Gasteiger partial charge in [-0.15, -0.1) is 0 Å². The van der Waals surface area contributed by atoms with Gasteiger partial charge in [-0.05, 0) is 33.2 Å². The molecule has 1 aromatic heterocycles. The zero-order chi connectivity index (χ0) is 9.26. The molecule has 0 saturated carbocycles. The maximum Gasteiger partial charge on any atom is 0.231 e. The molecule has 0 amide bonds. The summed E-state index contributed by atoms with van der Waals surface area (Å²) in [5.41, 5.74) is 0. The first-order valence-corrected chi connectivity index (χ1v) is 4.81. The highest BCUT2D eigenvalue weighted by molar-refractivity contribution is 4.99. The molecule has 0 bridgehead atoms. The first kappa shape index (κ1) is 8.69. The van der Waals surface area contributed by atoms with Gasteiger partial charge in [0, 0.05) is 6.04 Å². The molecule has 1 aliphatic rings. The zero-order valence-corrected chi connectivity index (χ0v) is 8.08. The normalized spacial score (nSPS) is 29.1. The second-order valence-electron chi connectivity index (χ2n) is 3.67. The van der Waals surface area contributed by atoms with Gasteiger partial charge in [-0.25, -0.2) is 0 Å². The van der Waals surface area contributed by atoms with Crippen molar-refractivity contribution in [2.75, 3.05) is 6.54 Å². The van der Waals surface area contributed by atoms with Crippen molar-refractivity contribution in [3.63, 3.8) is 0 Å². The first-order valence-electron chi connectivity index (χ1n) is 4.81. The minimum Gasteiger partial charge on any atom is -0.339 e. The Morgan fingerprint density at radius 2 is 2.38 bits per heavy atom. The van der Waals surface area contributed by atoms with Crippen molar-refractivity contribution in [1.82, 2.24) is 15.5 Å². The van der Waals surface area contributed by atoms with Gasteiger partial charge in [0.15, 0.2) is 5.82 Å². The molecule has 1 fully saturated rings. The van der Waals surface area contributed by atoms with E-state index in [1.165, 1.54) is 6.42 Å². The van der Waals surface area contributed by atoms with Gasteiger partial charge in [0.05, 0.1) is 5.92 Å². The molecule has 1 aromatic rings. The topological polar surface area (TPSA) is 51.0 Å². The number of aromatic nitrogens is 2. The highest BCUT2D eigenvalue weighted by atomic mass is 16.5. The van der Waals surface area contributed by atoms with E-state index in [9.17, 15) is 0 Å². The monoisotopic (exact) mass is 181 g/mol. The van der Waals surface area contributed by atoms with Crippen molar-refractivity contribution in [2.24, 2.45) is 0 Å². The van der Waals surface area contributed by atoms with Crippen LogP contribution in [0.25, 0.3) is 0 Å². The molecular formula is C9H15N3O. The summed E-state index contributed by atoms with van der Waals surface area (Å²) in [6.45, 7) is 5.13. The van der Waals surface area contributed by atoms with Crippen LogP contribution >= 0.6 is 0 Å². The SMILES string of the molecule is Cc1noc([C@H]2CCCN[C@@H]2C)n1. The summed E-state index contributed by atoms with van der Waals surface area (Å²) in [5.74, 6) is 1.92. The van der Waals surface area contributed by atoms with E-state index in [0.717, 1.165) is 24.7 Å². The maximum absolute atomic E-state index is 5.17. The van der Waals surface area contributed by atoms with E-state index < -0.39 is 0 Å². The van der Waals surface area contributed by atoms with Crippen LogP contribution in [-0.2, 0) is 0 Å². The van der Waals surface area contributed by atoms with E-state index in [-0.39, 0.29) is 0 Å². The highest BCUT2D eigenvalue weighted by Gasteiger charge is 2.26. The maximum atomic E-state index is 5.17. The average molecular weight is 181 g/mol. The third kappa shape index (κ3) is 1.72. The van der Waals surface area contributed by atoms with E-state index in [1.807, 2.05) is 6.92 Å². The number of hydrogen-bond acceptors (Lipinski definition) is 4. The molecule has 0 radical (unpaired) electrons. The van der Waals surface area contributed by atoms with Crippen LogP contribution in [0.2, 0.25) is 0 Å². The number of nitrogens with one attached hydrogen (secondary N) is 1. The smallest absolute Gasteiger partial charge is 0.231 e. The Balaban J connectivity index is 2.14. The van der Waals surface area contributed by atoms with E-state index >= 15 is 0 Å². The molecule has 72 valence electrons. The second kappa shape index (κ2) is 3.46. The lowest BCUT2D eigenvalue weighted by Crippen LogP contribution is -2.37. The lowest BCUT2D eigenvalue weighted by Gasteiger charge is -2.26. The van der Waals surface area contributed by atoms with Crippen molar-refractivity contribution < 1.29 is 4.52 Å². The standard InChI is InChI=1S/C9H15N3O/c1-6-8(4-3-5-10-6)9-11-7(2)12-13-9/h6,8,10H,3-5H2,1-2H3/t6-,8+/m1/s1. The minimum atomic E-state index is 0.398. The largest absolute Gasteiger partial charge is 0.339 e. The lowest BCUT2D eigenvalue weighted by molar-refractivity contribution is 0.283. The van der Waals surface area contributed by atoms with Gasteiger partial charge in [-0.2, -0.15) is 4.98 Å². The Morgan fingerprint density at radius 1 is 1.54 bits per heavy atom. The Kier molecular flexibility index (Phi) is 2.31. The zero-order valence-electron chi connectivity index (χ0n) is 8.08. The summed E-state index contributed by atoms with van der Waals surface area (Å²) in [6.07, 6.45) is 2.34. The second-order valence-corrected chi connectivity index (χ2v) is 3.67. The lowest BCUT2D eigenvalue weighted by atomic mass is 9.92. The van der Waals surface area contributed by atoms with Crippen LogP contribution in [0.15, 0.2) is 4.52 Å². The summed E-state index contributed by atoms with van der Waals surface area (Å²) in [5, 5.41) is 7.22. The molecule has 2 heterocycles. The summed E-state index contributed by atoms with van der Waals surface area (Å²) in [6, 6.07) is 0.452. The van der Waals surface area contributed by atoms with Gasteiger partial charge in [0.1, 0.15) is 0 Å². The molecule has 0 unspecified atom stereocenters. The fourth-order valence-electron chi connectivity index (χ4n) is 1.85. The number of nitrogens with zero attached hydrogens (tertiary/aromatic N) is 2. The molecule has 1 N–H and O–H groups in total. The summed E-state index contributed by atoms with van der Waals surface area (Å²) < 4.78 is 5.17. The van der Waals surface area contributed by atoms with Crippen molar-refractivity contribution in [1.29, 1.82) is 0 Å². The van der Waals surface area contributed by atoms with E-state index in [4.69, 9.17) is 4.52 Å². The molecule has 2 rings (SSSR count). The molecule has 4 nitrogen and oxygen atoms in total. The predicted molar refractivity (Wildman–Crippen MR) is 48.5 cm³/mol. The van der Waals surface area contributed by atoms with Crippen molar-refractivity contribution in [2.45, 2.75) is 38.6 Å². The van der Waals surface area contributed by atoms with Gasteiger partial charge < -0.3 is 9.84 Å². The number of aryl methyl sites for hydroxylation is 1. The van der Waals surface area contributed by atoms with Crippen molar-refractivity contribution >= 4 is 0 Å². The van der Waals surface area contributed by atoms with Crippen molar-refractivity contribution in [3.8, 4) is 0 Å². The third-order valence-corrected chi connectivity index (χ3v) is 2.62. The molecular weight excluding hydrogens is 166 g/mol. The molecule has 2 atom stereocenters. The highest BCUT2D eigenvalue weighted by Crippen LogP contribution is 2.26. The van der Waals surface area contributed by atoms with Crippen LogP contribution in [0.3, 0.4) is 0 Å². The van der Waals surface area contributed by atoms with Gasteiger partial charge in [0.25, 0.3) is 0 Å². The molecule has 13 heavy (non-hydrogen) atoms. The van der Waals surface area contributed by atoms with Gasteiger partial charge >= 0.3 is 0 Å². The average Bonchev–Trinajstić information content (AvgIpc) is 2.53. The Hall–Kier alpha value is -0.900. The van der Waals surface area contributed by atoms with Crippen LogP contribution < -0.4 is 5.32 Å². The fourth-order valence-corrected chi connectivity index (χ4v) is 1.85. The Bertz CT molecular complexity index is 284. The Morgan fingerprint density at radius 3 is 3.00 bits per heavy atom. The van der Waals surface area contributed by atoms with Crippen LogP contribution in [0.5, 0.6) is 0 Å². The summed E-state index contributed by atoms with van der Waals surface area (Å²) in [4.78, 5) is 4.27. The van der Waals surface area contributed by atoms with Crippen molar-refractivity contribution in [3.05, 3.63) is 11.7 Å². The van der Waals surface area contributed by atoms with Crippen LogP contribution in [-0.4, -0.2) is 22.7 Å². The minimum absolute atomic E-state index is 0.398. The summed E-state index contributed by atoms with van der Waals surface area (Å²) in [7, 11) is 0. The molecule has 0 aliphatic carbocycles. The first-order chi connectivity index (χ1) is 6.27. The van der Waals surface area contributed by atoms with E-state index in [0.29, 0.717) is 12.0 Å². The Labute approximate surface area is 77.7 Å². The number of piperidine rings is 1. The summed E-state index contributed by atoms with van der Waals surface area (Å²) >= 11 is 0. The fraction of sp³-hybridized carbons (Fsp3) is 0.778. The third-order valence-electron chi connectivity index (χ3n) is 2.62. The van der Waals surface area contributed by atoms with E-state index in [2.05, 4.69) is 22.4 Å². The molecule has 4 heteroatoms. The van der Waals surface area contributed by atoms with Gasteiger partial charge in [-0.3, -0.25) is 0 Å². The van der Waals surface area contributed by atoms with E-state index in [1.54, 1.807) is 0 Å². The predicted octanol–water partition coefficient (Wildman–Crippen LogP) is 1.23.